The topological polar surface area (TPSA) is 78.7 Å². The first-order chi connectivity index (χ1) is 10.6. The Morgan fingerprint density at radius 3 is 2.82 bits per heavy atom. The van der Waals surface area contributed by atoms with E-state index < -0.39 is 0 Å². The summed E-state index contributed by atoms with van der Waals surface area (Å²) in [5, 5.41) is 3.03. The number of likely N-dealkylation sites (N-methyl/N-ethyl adjacent to an activating group) is 1. The van der Waals surface area contributed by atoms with E-state index in [-0.39, 0.29) is 24.0 Å². The van der Waals surface area contributed by atoms with Crippen LogP contribution >= 0.6 is 0 Å². The Bertz CT molecular complexity index is 589. The summed E-state index contributed by atoms with van der Waals surface area (Å²) in [6.45, 7) is 1.59. The Hall–Kier alpha value is -2.08. The number of rotatable bonds is 1. The molecule has 3 amide bonds. The molecule has 3 rings (SSSR count). The van der Waals surface area contributed by atoms with Gasteiger partial charge >= 0.3 is 6.03 Å². The van der Waals surface area contributed by atoms with Crippen molar-refractivity contribution in [1.82, 2.24) is 15.1 Å². The number of nitrogens with zero attached hydrogens (tertiary/aromatic N) is 2. The lowest BCUT2D eigenvalue weighted by Gasteiger charge is -2.25. The van der Waals surface area contributed by atoms with Gasteiger partial charge in [-0.25, -0.2) is 4.79 Å². The maximum atomic E-state index is 12.4. The number of urea groups is 1. The molecule has 0 unspecified atom stereocenters. The summed E-state index contributed by atoms with van der Waals surface area (Å²) in [5.41, 5.74) is 8.56. The molecule has 22 heavy (non-hydrogen) atoms. The van der Waals surface area contributed by atoms with Crippen LogP contribution in [0.2, 0.25) is 0 Å². The molecule has 3 N–H and O–H groups in total. The van der Waals surface area contributed by atoms with Gasteiger partial charge in [0.2, 0.25) is 5.91 Å². The number of hydrogen-bond donors (Lipinski definition) is 2. The van der Waals surface area contributed by atoms with E-state index in [0.717, 1.165) is 12.0 Å². The van der Waals surface area contributed by atoms with Crippen molar-refractivity contribution in [3.8, 4) is 0 Å². The predicted molar refractivity (Wildman–Crippen MR) is 83.2 cm³/mol. The first kappa shape index (κ1) is 14.8. The molecule has 1 aromatic carbocycles. The largest absolute Gasteiger partial charge is 0.344 e. The van der Waals surface area contributed by atoms with Crippen molar-refractivity contribution in [1.29, 1.82) is 0 Å². The molecular formula is C16H22N4O2. The molecule has 1 fully saturated rings. The van der Waals surface area contributed by atoms with Gasteiger partial charge in [0.1, 0.15) is 0 Å². The van der Waals surface area contributed by atoms with E-state index in [1.54, 1.807) is 16.8 Å². The van der Waals surface area contributed by atoms with E-state index >= 15 is 0 Å². The van der Waals surface area contributed by atoms with Crippen LogP contribution in [0.25, 0.3) is 0 Å². The van der Waals surface area contributed by atoms with Gasteiger partial charge in [-0.05, 0) is 17.5 Å². The highest BCUT2D eigenvalue weighted by atomic mass is 16.2. The van der Waals surface area contributed by atoms with Gasteiger partial charge in [-0.1, -0.05) is 24.3 Å². The van der Waals surface area contributed by atoms with Crippen LogP contribution in [0.3, 0.4) is 0 Å². The SMILES string of the molecule is CN1CCN(C(=O)N[C@@H]2Cc3ccccc3[C@H]2N)CCC1=O. The first-order valence-electron chi connectivity index (χ1n) is 7.69. The Kier molecular flexibility index (Phi) is 4.02. The molecule has 0 bridgehead atoms. The van der Waals surface area contributed by atoms with E-state index in [9.17, 15) is 9.59 Å². The number of carbonyl (C=O) groups excluding carboxylic acids is 2. The molecule has 2 aliphatic rings. The van der Waals surface area contributed by atoms with Gasteiger partial charge in [-0.3, -0.25) is 4.79 Å². The third kappa shape index (κ3) is 2.78. The van der Waals surface area contributed by atoms with Crippen molar-refractivity contribution in [2.75, 3.05) is 26.7 Å². The van der Waals surface area contributed by atoms with Crippen LogP contribution < -0.4 is 11.1 Å². The fourth-order valence-electron chi connectivity index (χ4n) is 3.15. The average molecular weight is 302 g/mol. The van der Waals surface area contributed by atoms with E-state index in [1.807, 2.05) is 18.2 Å². The third-order valence-electron chi connectivity index (χ3n) is 4.61. The molecule has 118 valence electrons. The van der Waals surface area contributed by atoms with Gasteiger partial charge in [0.15, 0.2) is 0 Å². The summed E-state index contributed by atoms with van der Waals surface area (Å²) in [7, 11) is 1.77. The van der Waals surface area contributed by atoms with Crippen molar-refractivity contribution in [3.05, 3.63) is 35.4 Å². The number of hydrogen-bond acceptors (Lipinski definition) is 3. The second-order valence-corrected chi connectivity index (χ2v) is 6.04. The Morgan fingerprint density at radius 1 is 1.27 bits per heavy atom. The monoisotopic (exact) mass is 302 g/mol. The highest BCUT2D eigenvalue weighted by molar-refractivity contribution is 5.79. The molecule has 0 spiro atoms. The molecule has 1 saturated heterocycles. The molecule has 1 aliphatic carbocycles. The molecule has 6 nitrogen and oxygen atoms in total. The van der Waals surface area contributed by atoms with E-state index in [1.165, 1.54) is 5.56 Å². The summed E-state index contributed by atoms with van der Waals surface area (Å²) < 4.78 is 0. The normalized spacial score (nSPS) is 24.9. The molecule has 0 saturated carbocycles. The van der Waals surface area contributed by atoms with Crippen molar-refractivity contribution in [2.24, 2.45) is 5.73 Å². The zero-order valence-corrected chi connectivity index (χ0v) is 12.8. The summed E-state index contributed by atoms with van der Waals surface area (Å²) in [6.07, 6.45) is 1.14. The Morgan fingerprint density at radius 2 is 2.05 bits per heavy atom. The van der Waals surface area contributed by atoms with Gasteiger partial charge in [0.05, 0.1) is 12.1 Å². The standard InChI is InChI=1S/C16H22N4O2/c1-19-8-9-20(7-6-14(19)21)16(22)18-13-10-11-4-2-3-5-12(11)15(13)17/h2-5,13,15H,6-10,17H2,1H3,(H,18,22)/t13-,15-/m1/s1. The van der Waals surface area contributed by atoms with Crippen LogP contribution in [0.4, 0.5) is 4.79 Å². The van der Waals surface area contributed by atoms with Crippen molar-refractivity contribution < 1.29 is 9.59 Å². The van der Waals surface area contributed by atoms with Gasteiger partial charge in [0, 0.05) is 33.1 Å². The summed E-state index contributed by atoms with van der Waals surface area (Å²) in [6, 6.07) is 7.66. The maximum Gasteiger partial charge on any atom is 0.317 e. The molecular weight excluding hydrogens is 280 g/mol. The lowest BCUT2D eigenvalue weighted by Crippen LogP contribution is -2.48. The fraction of sp³-hybridized carbons (Fsp3) is 0.500. The molecule has 6 heteroatoms. The fourth-order valence-corrected chi connectivity index (χ4v) is 3.15. The lowest BCUT2D eigenvalue weighted by atomic mass is 10.1. The van der Waals surface area contributed by atoms with Crippen LogP contribution in [-0.4, -0.2) is 54.5 Å². The van der Waals surface area contributed by atoms with Gasteiger partial charge in [-0.15, -0.1) is 0 Å². The summed E-state index contributed by atoms with van der Waals surface area (Å²) in [5.74, 6) is 0.0836. The molecule has 0 radical (unpaired) electrons. The average Bonchev–Trinajstić information content (AvgIpc) is 2.72. The van der Waals surface area contributed by atoms with Crippen molar-refractivity contribution in [2.45, 2.75) is 24.9 Å². The number of nitrogens with two attached hydrogens (primary N) is 1. The molecule has 2 atom stereocenters. The molecule has 1 aromatic rings. The predicted octanol–water partition coefficient (Wildman–Crippen LogP) is 0.485. The number of nitrogens with one attached hydrogen (secondary N) is 1. The zero-order chi connectivity index (χ0) is 15.7. The minimum Gasteiger partial charge on any atom is -0.344 e. The number of carbonyl (C=O) groups is 2. The minimum atomic E-state index is -0.170. The van der Waals surface area contributed by atoms with E-state index in [4.69, 9.17) is 5.73 Å². The number of fused-ring (bicyclic) bond motifs is 1. The van der Waals surface area contributed by atoms with Crippen LogP contribution in [-0.2, 0) is 11.2 Å². The highest BCUT2D eigenvalue weighted by Crippen LogP contribution is 2.29. The third-order valence-corrected chi connectivity index (χ3v) is 4.61. The second-order valence-electron chi connectivity index (χ2n) is 6.04. The molecule has 0 aromatic heterocycles. The Balaban J connectivity index is 1.62. The number of benzene rings is 1. The summed E-state index contributed by atoms with van der Waals surface area (Å²) in [4.78, 5) is 27.5. The highest BCUT2D eigenvalue weighted by Gasteiger charge is 2.32. The molecule has 1 heterocycles. The van der Waals surface area contributed by atoms with Gasteiger partial charge in [0.25, 0.3) is 0 Å². The first-order valence-corrected chi connectivity index (χ1v) is 7.69. The van der Waals surface area contributed by atoms with Crippen LogP contribution in [0, 0.1) is 0 Å². The van der Waals surface area contributed by atoms with Gasteiger partial charge in [-0.2, -0.15) is 0 Å². The van der Waals surface area contributed by atoms with Crippen LogP contribution in [0.15, 0.2) is 24.3 Å². The van der Waals surface area contributed by atoms with E-state index in [2.05, 4.69) is 11.4 Å². The lowest BCUT2D eigenvalue weighted by molar-refractivity contribution is -0.129. The van der Waals surface area contributed by atoms with Crippen LogP contribution in [0.5, 0.6) is 0 Å². The van der Waals surface area contributed by atoms with E-state index in [0.29, 0.717) is 26.1 Å². The zero-order valence-electron chi connectivity index (χ0n) is 12.8. The molecule has 1 aliphatic heterocycles. The second kappa shape index (κ2) is 5.96. The smallest absolute Gasteiger partial charge is 0.317 e. The Labute approximate surface area is 130 Å². The van der Waals surface area contributed by atoms with Crippen molar-refractivity contribution >= 4 is 11.9 Å². The number of amides is 3. The minimum absolute atomic E-state index is 0.0819. The van der Waals surface area contributed by atoms with Crippen molar-refractivity contribution in [3.63, 3.8) is 0 Å². The quantitative estimate of drug-likeness (QED) is 0.792. The summed E-state index contributed by atoms with van der Waals surface area (Å²) >= 11 is 0. The van der Waals surface area contributed by atoms with Gasteiger partial charge < -0.3 is 20.9 Å². The van der Waals surface area contributed by atoms with Crippen LogP contribution in [0.1, 0.15) is 23.6 Å². The maximum absolute atomic E-state index is 12.4.